The standard InChI is InChI=1S/C11H15N5O2/c1-11(2,3)9-8(10(17)18)12-14-16(9)7-5-6-15(4)13-7/h5-6H,1-4H3,(H,17,18). The summed E-state index contributed by atoms with van der Waals surface area (Å²) in [5.74, 6) is -0.524. The third-order valence-electron chi connectivity index (χ3n) is 2.50. The van der Waals surface area contributed by atoms with Gasteiger partial charge in [-0.05, 0) is 0 Å². The van der Waals surface area contributed by atoms with Crippen molar-refractivity contribution >= 4 is 5.97 Å². The van der Waals surface area contributed by atoms with Crippen LogP contribution in [0.1, 0.15) is 37.0 Å². The molecular formula is C11H15N5O2. The summed E-state index contributed by atoms with van der Waals surface area (Å²) < 4.78 is 3.10. The summed E-state index contributed by atoms with van der Waals surface area (Å²) in [7, 11) is 1.79. The van der Waals surface area contributed by atoms with E-state index in [1.54, 1.807) is 24.0 Å². The van der Waals surface area contributed by atoms with Crippen molar-refractivity contribution in [3.05, 3.63) is 23.7 Å². The molecule has 0 saturated heterocycles. The van der Waals surface area contributed by atoms with Crippen LogP contribution >= 0.6 is 0 Å². The lowest BCUT2D eigenvalue weighted by Gasteiger charge is -2.19. The maximum absolute atomic E-state index is 11.2. The highest BCUT2D eigenvalue weighted by Crippen LogP contribution is 2.26. The van der Waals surface area contributed by atoms with Gasteiger partial charge in [-0.2, -0.15) is 9.78 Å². The van der Waals surface area contributed by atoms with E-state index >= 15 is 0 Å². The highest BCUT2D eigenvalue weighted by molar-refractivity contribution is 5.87. The Kier molecular flexibility index (Phi) is 2.68. The first-order valence-electron chi connectivity index (χ1n) is 5.50. The Morgan fingerprint density at radius 1 is 1.39 bits per heavy atom. The molecule has 2 aromatic rings. The van der Waals surface area contributed by atoms with Crippen LogP contribution in [0.5, 0.6) is 0 Å². The number of carboxylic acid groups (broad SMARTS) is 1. The van der Waals surface area contributed by atoms with Gasteiger partial charge in [0.15, 0.2) is 11.5 Å². The largest absolute Gasteiger partial charge is 0.476 e. The molecule has 0 aliphatic carbocycles. The lowest BCUT2D eigenvalue weighted by atomic mass is 9.90. The van der Waals surface area contributed by atoms with E-state index in [0.29, 0.717) is 11.5 Å². The summed E-state index contributed by atoms with van der Waals surface area (Å²) in [6.45, 7) is 5.74. The molecule has 2 aromatic heterocycles. The molecular weight excluding hydrogens is 234 g/mol. The van der Waals surface area contributed by atoms with Crippen molar-refractivity contribution in [1.29, 1.82) is 0 Å². The molecule has 0 amide bonds. The number of carbonyl (C=O) groups is 1. The first-order chi connectivity index (χ1) is 8.30. The smallest absolute Gasteiger partial charge is 0.358 e. The number of aromatic carboxylic acids is 1. The minimum Gasteiger partial charge on any atom is -0.476 e. The van der Waals surface area contributed by atoms with Crippen molar-refractivity contribution in [1.82, 2.24) is 24.8 Å². The summed E-state index contributed by atoms with van der Waals surface area (Å²) in [5.41, 5.74) is 0.108. The van der Waals surface area contributed by atoms with Crippen LogP contribution in [-0.2, 0) is 12.5 Å². The third kappa shape index (κ3) is 1.99. The van der Waals surface area contributed by atoms with E-state index in [9.17, 15) is 4.79 Å². The maximum Gasteiger partial charge on any atom is 0.358 e. The first-order valence-corrected chi connectivity index (χ1v) is 5.50. The maximum atomic E-state index is 11.2. The molecule has 7 nitrogen and oxygen atoms in total. The number of aryl methyl sites for hydroxylation is 1. The Bertz CT molecular complexity index is 591. The number of rotatable bonds is 2. The van der Waals surface area contributed by atoms with Crippen LogP contribution in [-0.4, -0.2) is 35.9 Å². The molecule has 96 valence electrons. The van der Waals surface area contributed by atoms with Crippen molar-refractivity contribution in [2.75, 3.05) is 0 Å². The zero-order chi connectivity index (χ0) is 13.5. The SMILES string of the molecule is Cn1ccc(-n2nnc(C(=O)O)c2C(C)(C)C)n1. The molecule has 1 N–H and O–H groups in total. The Balaban J connectivity index is 2.66. The van der Waals surface area contributed by atoms with Crippen LogP contribution < -0.4 is 0 Å². The Labute approximate surface area is 104 Å². The van der Waals surface area contributed by atoms with Gasteiger partial charge in [-0.15, -0.1) is 5.10 Å². The van der Waals surface area contributed by atoms with Gasteiger partial charge in [-0.25, -0.2) is 4.79 Å². The number of nitrogens with zero attached hydrogens (tertiary/aromatic N) is 5. The molecule has 0 unspecified atom stereocenters. The van der Waals surface area contributed by atoms with E-state index in [2.05, 4.69) is 15.4 Å². The number of carboxylic acids is 1. The van der Waals surface area contributed by atoms with E-state index in [1.807, 2.05) is 20.8 Å². The molecule has 0 aliphatic heterocycles. The van der Waals surface area contributed by atoms with Gasteiger partial charge in [0, 0.05) is 24.7 Å². The van der Waals surface area contributed by atoms with Crippen LogP contribution in [0.3, 0.4) is 0 Å². The Morgan fingerprint density at radius 2 is 2.06 bits per heavy atom. The van der Waals surface area contributed by atoms with Gasteiger partial charge in [0.1, 0.15) is 0 Å². The predicted molar refractivity (Wildman–Crippen MR) is 63.8 cm³/mol. The van der Waals surface area contributed by atoms with Crippen LogP contribution in [0.15, 0.2) is 12.3 Å². The molecule has 2 rings (SSSR count). The molecule has 0 aliphatic rings. The monoisotopic (exact) mass is 249 g/mol. The van der Waals surface area contributed by atoms with Crippen LogP contribution in [0.2, 0.25) is 0 Å². The minimum atomic E-state index is -1.08. The second-order valence-corrected chi connectivity index (χ2v) is 5.10. The summed E-state index contributed by atoms with van der Waals surface area (Å²) in [6, 6.07) is 1.76. The van der Waals surface area contributed by atoms with E-state index < -0.39 is 11.4 Å². The fourth-order valence-corrected chi connectivity index (χ4v) is 1.77. The van der Waals surface area contributed by atoms with Crippen LogP contribution in [0.4, 0.5) is 0 Å². The number of hydrogen-bond donors (Lipinski definition) is 1. The molecule has 18 heavy (non-hydrogen) atoms. The molecule has 0 spiro atoms. The fraction of sp³-hybridized carbons (Fsp3) is 0.455. The fourth-order valence-electron chi connectivity index (χ4n) is 1.77. The van der Waals surface area contributed by atoms with Crippen molar-refractivity contribution in [2.45, 2.75) is 26.2 Å². The first kappa shape index (κ1) is 12.3. The van der Waals surface area contributed by atoms with Gasteiger partial charge in [-0.1, -0.05) is 26.0 Å². The average Bonchev–Trinajstić information content (AvgIpc) is 2.80. The average molecular weight is 249 g/mol. The summed E-state index contributed by atoms with van der Waals surface area (Å²) >= 11 is 0. The highest BCUT2D eigenvalue weighted by Gasteiger charge is 2.30. The van der Waals surface area contributed by atoms with Crippen molar-refractivity contribution in [3.63, 3.8) is 0 Å². The Hall–Kier alpha value is -2.18. The summed E-state index contributed by atoms with van der Waals surface area (Å²) in [6.07, 6.45) is 1.77. The molecule has 0 fully saturated rings. The lowest BCUT2D eigenvalue weighted by molar-refractivity contribution is 0.0687. The lowest BCUT2D eigenvalue weighted by Crippen LogP contribution is -2.21. The van der Waals surface area contributed by atoms with E-state index in [1.165, 1.54) is 4.68 Å². The highest BCUT2D eigenvalue weighted by atomic mass is 16.4. The van der Waals surface area contributed by atoms with Gasteiger partial charge in [0.05, 0.1) is 5.69 Å². The number of hydrogen-bond acceptors (Lipinski definition) is 4. The van der Waals surface area contributed by atoms with E-state index in [-0.39, 0.29) is 5.69 Å². The summed E-state index contributed by atoms with van der Waals surface area (Å²) in [5, 5.41) is 21.0. The minimum absolute atomic E-state index is 0.0341. The van der Waals surface area contributed by atoms with Crippen molar-refractivity contribution in [3.8, 4) is 5.82 Å². The molecule has 0 bridgehead atoms. The molecule has 0 saturated carbocycles. The van der Waals surface area contributed by atoms with Crippen LogP contribution in [0.25, 0.3) is 5.82 Å². The molecule has 0 aromatic carbocycles. The second-order valence-electron chi connectivity index (χ2n) is 5.10. The number of aromatic nitrogens is 5. The van der Waals surface area contributed by atoms with Gasteiger partial charge in [0.2, 0.25) is 0 Å². The summed E-state index contributed by atoms with van der Waals surface area (Å²) in [4.78, 5) is 11.2. The molecule has 7 heteroatoms. The zero-order valence-corrected chi connectivity index (χ0v) is 10.7. The van der Waals surface area contributed by atoms with Gasteiger partial charge < -0.3 is 5.11 Å². The third-order valence-corrected chi connectivity index (χ3v) is 2.50. The van der Waals surface area contributed by atoms with Crippen LogP contribution in [0, 0.1) is 0 Å². The Morgan fingerprint density at radius 3 is 2.50 bits per heavy atom. The van der Waals surface area contributed by atoms with Gasteiger partial charge >= 0.3 is 5.97 Å². The quantitative estimate of drug-likeness (QED) is 0.858. The molecule has 0 atom stereocenters. The van der Waals surface area contributed by atoms with Gasteiger partial charge in [-0.3, -0.25) is 4.68 Å². The normalized spacial score (nSPS) is 11.8. The van der Waals surface area contributed by atoms with Crippen molar-refractivity contribution in [2.24, 2.45) is 7.05 Å². The van der Waals surface area contributed by atoms with E-state index in [0.717, 1.165) is 0 Å². The van der Waals surface area contributed by atoms with E-state index in [4.69, 9.17) is 5.11 Å². The second kappa shape index (κ2) is 3.94. The van der Waals surface area contributed by atoms with Crippen molar-refractivity contribution < 1.29 is 9.90 Å². The zero-order valence-electron chi connectivity index (χ0n) is 10.7. The van der Waals surface area contributed by atoms with Gasteiger partial charge in [0.25, 0.3) is 0 Å². The molecule has 0 radical (unpaired) electrons. The predicted octanol–water partition coefficient (Wildman–Crippen LogP) is 0.996. The molecule has 2 heterocycles. The topological polar surface area (TPSA) is 85.8 Å².